The van der Waals surface area contributed by atoms with Gasteiger partial charge in [-0.3, -0.25) is 10.1 Å². The van der Waals surface area contributed by atoms with Gasteiger partial charge >= 0.3 is 11.7 Å². The van der Waals surface area contributed by atoms with Crippen LogP contribution in [0, 0.1) is 10.1 Å². The molecule has 9 heteroatoms. The van der Waals surface area contributed by atoms with Crippen LogP contribution in [0.3, 0.4) is 0 Å². The molecule has 0 bridgehead atoms. The number of oxime groups is 1. The fourth-order valence-electron chi connectivity index (χ4n) is 2.90. The summed E-state index contributed by atoms with van der Waals surface area (Å²) >= 11 is 3.50. The second-order valence-corrected chi connectivity index (χ2v) is 6.52. The number of fused-ring (bicyclic) bond motifs is 1. The van der Waals surface area contributed by atoms with Crippen LogP contribution in [0.25, 0.3) is 0 Å². The summed E-state index contributed by atoms with van der Waals surface area (Å²) in [6.07, 6.45) is 1.32. The Morgan fingerprint density at radius 2 is 1.85 bits per heavy atom. The van der Waals surface area contributed by atoms with Gasteiger partial charge in [-0.1, -0.05) is 21.1 Å². The van der Waals surface area contributed by atoms with Gasteiger partial charge in [0.05, 0.1) is 30.4 Å². The zero-order valence-corrected chi connectivity index (χ0v) is 16.1. The third kappa shape index (κ3) is 3.63. The summed E-state index contributed by atoms with van der Waals surface area (Å²) < 4.78 is 11.2. The molecule has 0 unspecified atom stereocenters. The van der Waals surface area contributed by atoms with E-state index in [9.17, 15) is 14.9 Å². The minimum absolute atomic E-state index is 0.00581. The predicted molar refractivity (Wildman–Crippen MR) is 101 cm³/mol. The van der Waals surface area contributed by atoms with E-state index in [0.29, 0.717) is 17.9 Å². The molecule has 27 heavy (non-hydrogen) atoms. The summed E-state index contributed by atoms with van der Waals surface area (Å²) in [4.78, 5) is 27.8. The number of carbonyl (C=O) groups excluding carboxylic acids is 1. The number of ether oxygens (including phenoxy) is 2. The topological polar surface area (TPSA) is 100 Å². The van der Waals surface area contributed by atoms with E-state index in [0.717, 1.165) is 28.1 Å². The number of halogens is 1. The fraction of sp³-hybridized carbons (Fsp3) is 0.222. The lowest BCUT2D eigenvalue weighted by Gasteiger charge is -2.09. The lowest BCUT2D eigenvalue weighted by Crippen LogP contribution is -2.06. The first-order valence-corrected chi connectivity index (χ1v) is 8.72. The quantitative estimate of drug-likeness (QED) is 0.402. The molecule has 0 aliphatic heterocycles. The molecule has 1 aliphatic rings. The van der Waals surface area contributed by atoms with E-state index in [1.165, 1.54) is 19.2 Å². The van der Waals surface area contributed by atoms with Crippen LogP contribution in [0.5, 0.6) is 11.5 Å². The van der Waals surface area contributed by atoms with Gasteiger partial charge in [0, 0.05) is 16.1 Å². The minimum Gasteiger partial charge on any atom is -0.496 e. The van der Waals surface area contributed by atoms with Crippen LogP contribution in [-0.2, 0) is 11.3 Å². The van der Waals surface area contributed by atoms with Crippen LogP contribution in [0.2, 0.25) is 0 Å². The molecule has 0 heterocycles. The van der Waals surface area contributed by atoms with Crippen molar-refractivity contribution in [2.45, 2.75) is 12.8 Å². The number of hydrogen-bond donors (Lipinski definition) is 0. The van der Waals surface area contributed by atoms with E-state index in [1.54, 1.807) is 13.2 Å². The number of methoxy groups -OCH3 is 2. The van der Waals surface area contributed by atoms with Gasteiger partial charge < -0.3 is 14.3 Å². The average Bonchev–Trinajstić information content (AvgIpc) is 3.11. The van der Waals surface area contributed by atoms with Crippen molar-refractivity contribution >= 4 is 33.3 Å². The molecule has 2 aromatic carbocycles. The molecule has 0 aromatic heterocycles. The van der Waals surface area contributed by atoms with E-state index in [2.05, 4.69) is 21.1 Å². The molecule has 0 saturated heterocycles. The largest absolute Gasteiger partial charge is 0.496 e. The summed E-state index contributed by atoms with van der Waals surface area (Å²) in [5.74, 6) is -0.0987. The molecule has 8 nitrogen and oxygen atoms in total. The maximum atomic E-state index is 12.3. The predicted octanol–water partition coefficient (Wildman–Crippen LogP) is 3.88. The summed E-state index contributed by atoms with van der Waals surface area (Å²) in [6, 6.07) is 7.52. The van der Waals surface area contributed by atoms with Gasteiger partial charge in [0.2, 0.25) is 0 Å². The van der Waals surface area contributed by atoms with Crippen molar-refractivity contribution in [2.75, 3.05) is 14.2 Å². The van der Waals surface area contributed by atoms with E-state index in [1.807, 2.05) is 6.07 Å². The highest BCUT2D eigenvalue weighted by Gasteiger charge is 2.26. The molecule has 0 radical (unpaired) electrons. The van der Waals surface area contributed by atoms with Gasteiger partial charge in [-0.15, -0.1) is 0 Å². The maximum absolute atomic E-state index is 12.3. The molecule has 1 aliphatic carbocycles. The highest BCUT2D eigenvalue weighted by Crippen LogP contribution is 2.36. The number of nitro groups is 1. The highest BCUT2D eigenvalue weighted by molar-refractivity contribution is 9.10. The number of carbonyl (C=O) groups is 1. The molecule has 0 N–H and O–H groups in total. The minimum atomic E-state index is -0.796. The van der Waals surface area contributed by atoms with Crippen LogP contribution in [0.1, 0.15) is 27.9 Å². The zero-order valence-electron chi connectivity index (χ0n) is 14.5. The molecule has 3 rings (SSSR count). The average molecular weight is 435 g/mol. The van der Waals surface area contributed by atoms with Gasteiger partial charge in [-0.05, 0) is 42.7 Å². The fourth-order valence-corrected chi connectivity index (χ4v) is 3.43. The van der Waals surface area contributed by atoms with Crippen molar-refractivity contribution in [1.29, 1.82) is 0 Å². The van der Waals surface area contributed by atoms with Crippen molar-refractivity contribution in [3.8, 4) is 11.5 Å². The number of nitro benzene ring substituents is 1. The lowest BCUT2D eigenvalue weighted by atomic mass is 10.1. The highest BCUT2D eigenvalue weighted by atomic mass is 79.9. The SMILES string of the molecule is COc1ccc(C(=O)O/N=C2/CCc3c(Br)ccc(OC)c32)cc1[N+](=O)[O-]. The third-order valence-electron chi connectivity index (χ3n) is 4.19. The van der Waals surface area contributed by atoms with Gasteiger partial charge in [-0.2, -0.15) is 0 Å². The second-order valence-electron chi connectivity index (χ2n) is 5.66. The number of rotatable bonds is 5. The number of benzene rings is 2. The van der Waals surface area contributed by atoms with Gasteiger partial charge in [0.15, 0.2) is 5.75 Å². The van der Waals surface area contributed by atoms with E-state index in [-0.39, 0.29) is 17.0 Å². The van der Waals surface area contributed by atoms with E-state index < -0.39 is 10.9 Å². The Morgan fingerprint density at radius 3 is 2.52 bits per heavy atom. The van der Waals surface area contributed by atoms with Gasteiger partial charge in [0.25, 0.3) is 0 Å². The van der Waals surface area contributed by atoms with E-state index in [4.69, 9.17) is 14.3 Å². The van der Waals surface area contributed by atoms with E-state index >= 15 is 0 Å². The molecule has 0 spiro atoms. The Bertz CT molecular complexity index is 957. The van der Waals surface area contributed by atoms with Crippen molar-refractivity contribution in [3.05, 3.63) is 61.6 Å². The first kappa shape index (κ1) is 18.8. The van der Waals surface area contributed by atoms with Crippen molar-refractivity contribution in [3.63, 3.8) is 0 Å². The molecule has 0 atom stereocenters. The number of nitrogens with zero attached hydrogens (tertiary/aromatic N) is 2. The van der Waals surface area contributed by atoms with Crippen LogP contribution in [0.15, 0.2) is 40.0 Å². The summed E-state index contributed by atoms with van der Waals surface area (Å²) in [6.45, 7) is 0. The Labute approximate surface area is 163 Å². The van der Waals surface area contributed by atoms with Crippen LogP contribution < -0.4 is 9.47 Å². The Hall–Kier alpha value is -2.94. The smallest absolute Gasteiger partial charge is 0.365 e. The Balaban J connectivity index is 1.87. The normalized spacial score (nSPS) is 14.0. The summed E-state index contributed by atoms with van der Waals surface area (Å²) in [5.41, 5.74) is 2.09. The molecule has 0 amide bonds. The Morgan fingerprint density at radius 1 is 1.15 bits per heavy atom. The van der Waals surface area contributed by atoms with Crippen molar-refractivity contribution < 1.29 is 24.0 Å². The molecule has 140 valence electrons. The molecular weight excluding hydrogens is 420 g/mol. The lowest BCUT2D eigenvalue weighted by molar-refractivity contribution is -0.385. The van der Waals surface area contributed by atoms with Gasteiger partial charge in [0.1, 0.15) is 5.75 Å². The molecule has 2 aromatic rings. The molecule has 0 saturated carbocycles. The third-order valence-corrected chi connectivity index (χ3v) is 4.93. The summed E-state index contributed by atoms with van der Waals surface area (Å²) in [5, 5.41) is 15.1. The van der Waals surface area contributed by atoms with Gasteiger partial charge in [-0.25, -0.2) is 4.79 Å². The maximum Gasteiger partial charge on any atom is 0.365 e. The van der Waals surface area contributed by atoms with Crippen molar-refractivity contribution in [2.24, 2.45) is 5.16 Å². The van der Waals surface area contributed by atoms with Crippen molar-refractivity contribution in [1.82, 2.24) is 0 Å². The molecule has 0 fully saturated rings. The monoisotopic (exact) mass is 434 g/mol. The second kappa shape index (κ2) is 7.75. The first-order chi connectivity index (χ1) is 13.0. The van der Waals surface area contributed by atoms with Crippen LogP contribution >= 0.6 is 15.9 Å². The van der Waals surface area contributed by atoms with Crippen LogP contribution in [0.4, 0.5) is 5.69 Å². The number of hydrogen-bond acceptors (Lipinski definition) is 7. The standard InChI is InChI=1S/C18H15BrN2O6/c1-25-15-7-3-10(9-14(15)21(23)24)18(22)27-20-13-6-4-11-12(19)5-8-16(26-2)17(11)13/h3,5,7-9H,4,6H2,1-2H3/b20-13-. The van der Waals surface area contributed by atoms with Crippen LogP contribution in [-0.4, -0.2) is 30.8 Å². The Kier molecular flexibility index (Phi) is 5.41. The first-order valence-electron chi connectivity index (χ1n) is 7.92. The summed E-state index contributed by atoms with van der Waals surface area (Å²) in [7, 11) is 2.87. The zero-order chi connectivity index (χ0) is 19.6. The molecular formula is C18H15BrN2O6.